The summed E-state index contributed by atoms with van der Waals surface area (Å²) >= 11 is 0. The monoisotopic (exact) mass is 256 g/mol. The van der Waals surface area contributed by atoms with Crippen LogP contribution in [0.2, 0.25) is 0 Å². The second-order valence-electron chi connectivity index (χ2n) is 6.78. The lowest BCUT2D eigenvalue weighted by atomic mass is 9.74. The van der Waals surface area contributed by atoms with E-state index < -0.39 is 0 Å². The van der Waals surface area contributed by atoms with Gasteiger partial charge < -0.3 is 15.8 Å². The minimum absolute atomic E-state index is 0.306. The number of nitrogens with two attached hydrogens (primary N) is 1. The van der Waals surface area contributed by atoms with E-state index in [2.05, 4.69) is 19.2 Å². The Balaban J connectivity index is 2.30. The Morgan fingerprint density at radius 2 is 1.89 bits per heavy atom. The van der Waals surface area contributed by atoms with E-state index in [1.54, 1.807) is 7.11 Å². The summed E-state index contributed by atoms with van der Waals surface area (Å²) in [6.07, 6.45) is 7.80. The maximum atomic E-state index is 6.01. The number of hydrogen-bond acceptors (Lipinski definition) is 3. The van der Waals surface area contributed by atoms with E-state index in [0.29, 0.717) is 10.8 Å². The van der Waals surface area contributed by atoms with E-state index in [9.17, 15) is 0 Å². The normalized spacial score (nSPS) is 20.0. The van der Waals surface area contributed by atoms with E-state index in [1.165, 1.54) is 32.1 Å². The molecular formula is C15H32N2O. The van der Waals surface area contributed by atoms with Crippen molar-refractivity contribution in [3.05, 3.63) is 0 Å². The Morgan fingerprint density at radius 3 is 2.44 bits per heavy atom. The maximum Gasteiger partial charge on any atom is 0.0467 e. The molecule has 1 fully saturated rings. The zero-order valence-electron chi connectivity index (χ0n) is 12.6. The molecule has 18 heavy (non-hydrogen) atoms. The van der Waals surface area contributed by atoms with Gasteiger partial charge in [0, 0.05) is 26.8 Å². The smallest absolute Gasteiger partial charge is 0.0467 e. The van der Waals surface area contributed by atoms with E-state index in [0.717, 1.165) is 32.7 Å². The fraction of sp³-hybridized carbons (Fsp3) is 1.00. The van der Waals surface area contributed by atoms with Crippen LogP contribution in [0.3, 0.4) is 0 Å². The predicted molar refractivity (Wildman–Crippen MR) is 77.7 cm³/mol. The van der Waals surface area contributed by atoms with Crippen LogP contribution in [-0.4, -0.2) is 33.4 Å². The second-order valence-corrected chi connectivity index (χ2v) is 6.78. The lowest BCUT2D eigenvalue weighted by Crippen LogP contribution is -2.44. The molecule has 0 unspecified atom stereocenters. The average molecular weight is 256 g/mol. The van der Waals surface area contributed by atoms with Crippen LogP contribution in [0.1, 0.15) is 52.4 Å². The van der Waals surface area contributed by atoms with Gasteiger partial charge in [0.25, 0.3) is 0 Å². The molecule has 0 radical (unpaired) electrons. The van der Waals surface area contributed by atoms with Crippen LogP contribution < -0.4 is 11.1 Å². The van der Waals surface area contributed by atoms with Crippen molar-refractivity contribution in [2.75, 3.05) is 33.4 Å². The summed E-state index contributed by atoms with van der Waals surface area (Å²) < 4.78 is 5.17. The highest BCUT2D eigenvalue weighted by Gasteiger charge is 2.30. The van der Waals surface area contributed by atoms with Crippen molar-refractivity contribution in [2.24, 2.45) is 16.6 Å². The van der Waals surface area contributed by atoms with Crippen LogP contribution in [0.25, 0.3) is 0 Å². The topological polar surface area (TPSA) is 47.3 Å². The van der Waals surface area contributed by atoms with Gasteiger partial charge in [-0.3, -0.25) is 0 Å². The molecule has 0 atom stereocenters. The van der Waals surface area contributed by atoms with Gasteiger partial charge in [-0.05, 0) is 36.6 Å². The molecule has 0 aromatic rings. The first-order valence-corrected chi connectivity index (χ1v) is 7.43. The highest BCUT2D eigenvalue weighted by atomic mass is 16.5. The minimum atomic E-state index is 0.306. The molecule has 3 nitrogen and oxygen atoms in total. The second kappa shape index (κ2) is 7.46. The Bertz CT molecular complexity index is 223. The molecule has 1 aliphatic rings. The molecule has 0 bridgehead atoms. The first-order valence-electron chi connectivity index (χ1n) is 7.43. The Kier molecular flexibility index (Phi) is 6.61. The molecule has 0 aromatic carbocycles. The quantitative estimate of drug-likeness (QED) is 0.701. The number of rotatable bonds is 8. The number of methoxy groups -OCH3 is 1. The zero-order valence-corrected chi connectivity index (χ0v) is 12.6. The summed E-state index contributed by atoms with van der Waals surface area (Å²) in [6, 6.07) is 0. The van der Waals surface area contributed by atoms with Crippen LogP contribution in [0, 0.1) is 10.8 Å². The van der Waals surface area contributed by atoms with Crippen molar-refractivity contribution in [2.45, 2.75) is 52.4 Å². The summed E-state index contributed by atoms with van der Waals surface area (Å²) in [5.74, 6) is 0. The van der Waals surface area contributed by atoms with Gasteiger partial charge in [0.1, 0.15) is 0 Å². The zero-order chi connectivity index (χ0) is 13.5. The van der Waals surface area contributed by atoms with Gasteiger partial charge in [0.15, 0.2) is 0 Å². The van der Waals surface area contributed by atoms with Gasteiger partial charge in [-0.15, -0.1) is 0 Å². The Labute approximate surface area is 113 Å². The third-order valence-corrected chi connectivity index (χ3v) is 4.43. The molecular weight excluding hydrogens is 224 g/mol. The first kappa shape index (κ1) is 15.9. The third kappa shape index (κ3) is 5.25. The van der Waals surface area contributed by atoms with Crippen LogP contribution in [0.5, 0.6) is 0 Å². The van der Waals surface area contributed by atoms with E-state index in [4.69, 9.17) is 10.5 Å². The van der Waals surface area contributed by atoms with Crippen molar-refractivity contribution >= 4 is 0 Å². The number of ether oxygens (including phenoxy) is 1. The van der Waals surface area contributed by atoms with Crippen LogP contribution >= 0.6 is 0 Å². The third-order valence-electron chi connectivity index (χ3n) is 4.43. The van der Waals surface area contributed by atoms with Crippen LogP contribution in [0.15, 0.2) is 0 Å². The van der Waals surface area contributed by atoms with Crippen molar-refractivity contribution in [3.8, 4) is 0 Å². The standard InChI is InChI=1S/C15H32N2O/c1-14(2,9-10-18-3)12-17-13-15(11-16)7-5-4-6-8-15/h17H,4-13,16H2,1-3H3. The van der Waals surface area contributed by atoms with Crippen LogP contribution in [0.4, 0.5) is 0 Å². The molecule has 3 heteroatoms. The maximum absolute atomic E-state index is 6.01. The van der Waals surface area contributed by atoms with E-state index >= 15 is 0 Å². The summed E-state index contributed by atoms with van der Waals surface area (Å²) in [4.78, 5) is 0. The highest BCUT2D eigenvalue weighted by Crippen LogP contribution is 2.34. The molecule has 0 spiro atoms. The number of nitrogens with one attached hydrogen (secondary N) is 1. The van der Waals surface area contributed by atoms with E-state index in [1.807, 2.05) is 0 Å². The first-order chi connectivity index (χ1) is 8.54. The summed E-state index contributed by atoms with van der Waals surface area (Å²) in [5.41, 5.74) is 6.68. The molecule has 108 valence electrons. The molecule has 3 N–H and O–H groups in total. The highest BCUT2D eigenvalue weighted by molar-refractivity contribution is 4.86. The molecule has 1 rings (SSSR count). The van der Waals surface area contributed by atoms with Crippen molar-refractivity contribution in [3.63, 3.8) is 0 Å². The van der Waals surface area contributed by atoms with Gasteiger partial charge in [-0.25, -0.2) is 0 Å². The average Bonchev–Trinajstić information content (AvgIpc) is 2.37. The molecule has 0 heterocycles. The summed E-state index contributed by atoms with van der Waals surface area (Å²) in [6.45, 7) is 8.41. The molecule has 0 amide bonds. The fourth-order valence-electron chi connectivity index (χ4n) is 2.89. The van der Waals surface area contributed by atoms with Gasteiger partial charge in [0.2, 0.25) is 0 Å². The minimum Gasteiger partial charge on any atom is -0.385 e. The predicted octanol–water partition coefficient (Wildman–Crippen LogP) is 2.55. The van der Waals surface area contributed by atoms with Gasteiger partial charge in [-0.1, -0.05) is 33.1 Å². The van der Waals surface area contributed by atoms with E-state index in [-0.39, 0.29) is 0 Å². The fourth-order valence-corrected chi connectivity index (χ4v) is 2.89. The SMILES string of the molecule is COCCC(C)(C)CNCC1(CN)CCCCC1. The lowest BCUT2D eigenvalue weighted by molar-refractivity contribution is 0.141. The number of hydrogen-bond donors (Lipinski definition) is 2. The van der Waals surface area contributed by atoms with Crippen LogP contribution in [-0.2, 0) is 4.74 Å². The summed E-state index contributed by atoms with van der Waals surface area (Å²) in [7, 11) is 1.77. The van der Waals surface area contributed by atoms with Gasteiger partial charge >= 0.3 is 0 Å². The largest absolute Gasteiger partial charge is 0.385 e. The molecule has 1 saturated carbocycles. The molecule has 0 aliphatic heterocycles. The van der Waals surface area contributed by atoms with Gasteiger partial charge in [0.05, 0.1) is 0 Å². The lowest BCUT2D eigenvalue weighted by Gasteiger charge is -2.37. The molecule has 1 aliphatic carbocycles. The molecule has 0 saturated heterocycles. The van der Waals surface area contributed by atoms with Crippen molar-refractivity contribution < 1.29 is 4.74 Å². The molecule has 0 aromatic heterocycles. The van der Waals surface area contributed by atoms with Gasteiger partial charge in [-0.2, -0.15) is 0 Å². The van der Waals surface area contributed by atoms with Crippen molar-refractivity contribution in [1.29, 1.82) is 0 Å². The van der Waals surface area contributed by atoms with Crippen molar-refractivity contribution in [1.82, 2.24) is 5.32 Å². The Hall–Kier alpha value is -0.120. The Morgan fingerprint density at radius 1 is 1.22 bits per heavy atom. The summed E-state index contributed by atoms with van der Waals surface area (Å²) in [5, 5.41) is 3.66.